The number of aliphatic carboxylic acids is 1. The predicted molar refractivity (Wildman–Crippen MR) is 198 cm³/mol. The molecular formula is C37H51Cl2F4N3O5S. The van der Waals surface area contributed by atoms with Crippen molar-refractivity contribution in [3.8, 4) is 0 Å². The Hall–Kier alpha value is -2.45. The van der Waals surface area contributed by atoms with Crippen LogP contribution in [0.1, 0.15) is 83.1 Å². The molecule has 0 aromatic heterocycles. The monoisotopic (exact) mass is 795 g/mol. The topological polar surface area (TPSA) is 98.2 Å². The number of alkyl halides is 3. The summed E-state index contributed by atoms with van der Waals surface area (Å²) in [6, 6.07) is 12.2. The second-order valence-electron chi connectivity index (χ2n) is 13.6. The molecule has 2 fully saturated rings. The quantitative estimate of drug-likeness (QED) is 0.135. The van der Waals surface area contributed by atoms with Gasteiger partial charge < -0.3 is 14.9 Å². The number of amides is 1. The van der Waals surface area contributed by atoms with Gasteiger partial charge in [0.2, 0.25) is 15.9 Å². The molecule has 0 unspecified atom stereocenters. The van der Waals surface area contributed by atoms with Crippen molar-refractivity contribution in [3.05, 3.63) is 63.9 Å². The van der Waals surface area contributed by atoms with Crippen molar-refractivity contribution in [1.82, 2.24) is 9.21 Å². The fourth-order valence-corrected chi connectivity index (χ4v) is 8.52. The van der Waals surface area contributed by atoms with E-state index in [-0.39, 0.29) is 23.4 Å². The van der Waals surface area contributed by atoms with Crippen LogP contribution >= 0.6 is 23.2 Å². The summed E-state index contributed by atoms with van der Waals surface area (Å²) >= 11 is 12.6. The zero-order valence-corrected chi connectivity index (χ0v) is 32.1. The van der Waals surface area contributed by atoms with E-state index < -0.39 is 22.2 Å². The molecule has 0 spiro atoms. The number of anilines is 1. The van der Waals surface area contributed by atoms with Crippen molar-refractivity contribution in [1.29, 1.82) is 0 Å². The van der Waals surface area contributed by atoms with Gasteiger partial charge in [0.15, 0.2) is 0 Å². The lowest BCUT2D eigenvalue weighted by atomic mass is 9.90. The number of rotatable bonds is 16. The molecule has 0 radical (unpaired) electrons. The molecule has 15 heteroatoms. The minimum atomic E-state index is -5.08. The van der Waals surface area contributed by atoms with Crippen LogP contribution in [0.15, 0.2) is 42.5 Å². The molecule has 0 aliphatic carbocycles. The highest BCUT2D eigenvalue weighted by molar-refractivity contribution is 7.89. The van der Waals surface area contributed by atoms with E-state index in [4.69, 9.17) is 33.1 Å². The van der Waals surface area contributed by atoms with Gasteiger partial charge >= 0.3 is 12.1 Å². The number of carboxylic acid groups (broad SMARTS) is 1. The molecule has 52 heavy (non-hydrogen) atoms. The normalized spacial score (nSPS) is 16.7. The van der Waals surface area contributed by atoms with E-state index in [1.807, 2.05) is 23.1 Å². The summed E-state index contributed by atoms with van der Waals surface area (Å²) in [5.41, 5.74) is 1.91. The molecule has 0 bridgehead atoms. The van der Waals surface area contributed by atoms with E-state index >= 15 is 0 Å². The maximum absolute atomic E-state index is 13.9. The van der Waals surface area contributed by atoms with Crippen LogP contribution in [-0.4, -0.2) is 85.8 Å². The average Bonchev–Trinajstić information content (AvgIpc) is 3.11. The summed E-state index contributed by atoms with van der Waals surface area (Å²) < 4.78 is 72.5. The van der Waals surface area contributed by atoms with Crippen LogP contribution in [0.2, 0.25) is 10.0 Å². The van der Waals surface area contributed by atoms with Gasteiger partial charge in [0.1, 0.15) is 5.82 Å². The Bertz CT molecular complexity index is 1520. The molecule has 2 saturated heterocycles. The van der Waals surface area contributed by atoms with E-state index in [0.717, 1.165) is 70.3 Å². The smallest absolute Gasteiger partial charge is 0.475 e. The number of piperidine rings is 2. The molecular weight excluding hydrogens is 745 g/mol. The van der Waals surface area contributed by atoms with Crippen LogP contribution in [0, 0.1) is 17.7 Å². The van der Waals surface area contributed by atoms with Crippen molar-refractivity contribution < 1.29 is 40.7 Å². The number of carbonyl (C=O) groups excluding carboxylic acids is 1. The first kappa shape index (κ1) is 44.0. The molecule has 2 aliphatic rings. The second-order valence-corrected chi connectivity index (χ2v) is 16.5. The van der Waals surface area contributed by atoms with E-state index in [1.165, 1.54) is 30.5 Å². The van der Waals surface area contributed by atoms with Gasteiger partial charge in [0.25, 0.3) is 0 Å². The third-order valence-corrected chi connectivity index (χ3v) is 12.4. The van der Waals surface area contributed by atoms with Crippen LogP contribution in [0.3, 0.4) is 0 Å². The highest BCUT2D eigenvalue weighted by Gasteiger charge is 2.38. The van der Waals surface area contributed by atoms with Gasteiger partial charge in [0, 0.05) is 31.2 Å². The van der Waals surface area contributed by atoms with Gasteiger partial charge in [-0.2, -0.15) is 13.2 Å². The number of nitrogens with zero attached hydrogens (tertiary/aromatic N) is 3. The third kappa shape index (κ3) is 14.8. The largest absolute Gasteiger partial charge is 0.490 e. The lowest BCUT2D eigenvalue weighted by Crippen LogP contribution is -2.45. The molecule has 2 aliphatic heterocycles. The van der Waals surface area contributed by atoms with Gasteiger partial charge in [-0.1, -0.05) is 74.4 Å². The summed E-state index contributed by atoms with van der Waals surface area (Å²) in [4.78, 5) is 27.1. The van der Waals surface area contributed by atoms with Gasteiger partial charge in [0.05, 0.1) is 15.8 Å². The molecule has 292 valence electrons. The zero-order valence-electron chi connectivity index (χ0n) is 29.7. The van der Waals surface area contributed by atoms with Crippen LogP contribution in [0.5, 0.6) is 0 Å². The lowest BCUT2D eigenvalue weighted by Gasteiger charge is -2.35. The molecule has 4 rings (SSSR count). The van der Waals surface area contributed by atoms with Gasteiger partial charge in [-0.05, 0) is 106 Å². The summed E-state index contributed by atoms with van der Waals surface area (Å²) in [5, 5.41) is 7.98. The minimum absolute atomic E-state index is 0.0272. The number of unbranched alkanes of at least 4 members (excludes halogenated alkanes) is 5. The van der Waals surface area contributed by atoms with E-state index in [1.54, 1.807) is 16.4 Å². The predicted octanol–water partition coefficient (Wildman–Crippen LogP) is 8.85. The summed E-state index contributed by atoms with van der Waals surface area (Å²) in [6.45, 7) is 6.42. The van der Waals surface area contributed by atoms with Crippen LogP contribution in [0.4, 0.5) is 23.2 Å². The second kappa shape index (κ2) is 21.4. The summed E-state index contributed by atoms with van der Waals surface area (Å²) in [5.74, 6) is -2.37. The van der Waals surface area contributed by atoms with Gasteiger partial charge in [-0.25, -0.2) is 21.9 Å². The highest BCUT2D eigenvalue weighted by atomic mass is 35.5. The Balaban J connectivity index is 0.000000944. The number of benzene rings is 2. The molecule has 2 aromatic carbocycles. The van der Waals surface area contributed by atoms with Crippen molar-refractivity contribution >= 4 is 50.8 Å². The molecule has 1 N–H and O–H groups in total. The Morgan fingerprint density at radius 3 is 2.04 bits per heavy atom. The van der Waals surface area contributed by atoms with Gasteiger partial charge in [-0.3, -0.25) is 4.79 Å². The SMILES string of the molecule is CCCCCCCCS(=O)(=O)N1CCC(C(=O)N(CCCN2CCC(Cc3ccc(F)cc3)CC2)c2ccc(Cl)c(Cl)c2)CC1.O=C(O)C(F)(F)F. The lowest BCUT2D eigenvalue weighted by molar-refractivity contribution is -0.192. The number of sulfonamides is 1. The van der Waals surface area contributed by atoms with Crippen molar-refractivity contribution in [2.45, 2.75) is 90.1 Å². The Morgan fingerprint density at radius 1 is 0.865 bits per heavy atom. The van der Waals surface area contributed by atoms with E-state index in [9.17, 15) is 30.8 Å². The van der Waals surface area contributed by atoms with Crippen molar-refractivity contribution in [2.24, 2.45) is 11.8 Å². The molecule has 0 atom stereocenters. The Kier molecular flexibility index (Phi) is 18.1. The molecule has 2 aromatic rings. The Morgan fingerprint density at radius 2 is 1.46 bits per heavy atom. The molecule has 0 saturated carbocycles. The summed E-state index contributed by atoms with van der Waals surface area (Å²) in [7, 11) is -3.30. The first-order valence-corrected chi connectivity index (χ1v) is 20.5. The number of likely N-dealkylation sites (tertiary alicyclic amines) is 1. The maximum atomic E-state index is 13.9. The number of carboxylic acids is 1. The van der Waals surface area contributed by atoms with Crippen LogP contribution in [-0.2, 0) is 26.0 Å². The van der Waals surface area contributed by atoms with E-state index in [2.05, 4.69) is 11.8 Å². The molecule has 1 amide bonds. The number of halogens is 6. The molecule has 8 nitrogen and oxygen atoms in total. The number of hydrogen-bond acceptors (Lipinski definition) is 5. The van der Waals surface area contributed by atoms with E-state index in [0.29, 0.717) is 54.9 Å². The minimum Gasteiger partial charge on any atom is -0.475 e. The van der Waals surface area contributed by atoms with Gasteiger partial charge in [-0.15, -0.1) is 0 Å². The molecule has 2 heterocycles. The fourth-order valence-electron chi connectivity index (χ4n) is 6.64. The number of hydrogen-bond donors (Lipinski definition) is 1. The highest BCUT2D eigenvalue weighted by Crippen LogP contribution is 2.31. The number of carbonyl (C=O) groups is 2. The Labute approximate surface area is 315 Å². The first-order valence-electron chi connectivity index (χ1n) is 18.1. The zero-order chi connectivity index (χ0) is 38.3. The van der Waals surface area contributed by atoms with Crippen molar-refractivity contribution in [2.75, 3.05) is 49.9 Å². The fraction of sp³-hybridized carbons (Fsp3) is 0.622. The average molecular weight is 797 g/mol. The van der Waals surface area contributed by atoms with Crippen molar-refractivity contribution in [3.63, 3.8) is 0 Å². The van der Waals surface area contributed by atoms with Crippen LogP contribution in [0.25, 0.3) is 0 Å². The maximum Gasteiger partial charge on any atom is 0.490 e. The third-order valence-electron chi connectivity index (χ3n) is 9.68. The first-order chi connectivity index (χ1) is 24.6. The standard InChI is InChI=1S/C35H50Cl2FN3O3S.C2HF3O2/c1-2-3-4-5-6-7-25-45(43,44)40-23-17-30(18-24-40)35(42)41(32-13-14-33(36)34(37)27-32)20-8-19-39-21-15-29(16-22-39)26-28-9-11-31(38)12-10-28;3-2(4,5)1(6)7/h9-14,27,29-30H,2-8,15-26H2,1H3;(H,6,7). The summed E-state index contributed by atoms with van der Waals surface area (Å²) in [6.07, 6.45) is 6.23. The van der Waals surface area contributed by atoms with Crippen LogP contribution < -0.4 is 4.90 Å².